The van der Waals surface area contributed by atoms with Crippen LogP contribution >= 0.6 is 0 Å². The number of amides is 1. The number of hydrazone groups is 1. The quantitative estimate of drug-likeness (QED) is 0.328. The van der Waals surface area contributed by atoms with Gasteiger partial charge in [-0.25, -0.2) is 5.43 Å². The Morgan fingerprint density at radius 1 is 1.09 bits per heavy atom. The molecule has 0 aliphatic rings. The summed E-state index contributed by atoms with van der Waals surface area (Å²) in [6, 6.07) is 6.44. The van der Waals surface area contributed by atoms with Crippen molar-refractivity contribution in [2.45, 2.75) is 0 Å². The molecule has 2 rings (SSSR count). The van der Waals surface area contributed by atoms with Crippen LogP contribution in [-0.4, -0.2) is 39.7 Å². The molecule has 0 aliphatic heterocycles. The highest BCUT2D eigenvalue weighted by molar-refractivity contribution is 5.96. The molecule has 0 aliphatic carbocycles. The number of nitrogens with zero attached hydrogens (tertiary/aromatic N) is 1. The standard InChI is InChI=1S/C15H14N2O6/c1-23-10-2-3-11(18)9(4-10)7-16-17-15(22)8-5-12(19)14(21)13(20)6-8/h2-7,18-21H,1H3,(H,17,22)/b16-7+. The first-order valence-electron chi connectivity index (χ1n) is 6.37. The monoisotopic (exact) mass is 318 g/mol. The summed E-state index contributed by atoms with van der Waals surface area (Å²) < 4.78 is 5.00. The van der Waals surface area contributed by atoms with E-state index in [1.165, 1.54) is 25.5 Å². The molecule has 5 N–H and O–H groups in total. The van der Waals surface area contributed by atoms with Crippen molar-refractivity contribution in [3.05, 3.63) is 41.5 Å². The third-order valence-electron chi connectivity index (χ3n) is 2.94. The summed E-state index contributed by atoms with van der Waals surface area (Å²) in [5, 5.41) is 41.3. The zero-order valence-electron chi connectivity index (χ0n) is 12.0. The van der Waals surface area contributed by atoms with E-state index in [2.05, 4.69) is 10.5 Å². The molecule has 0 bridgehead atoms. The molecular weight excluding hydrogens is 304 g/mol. The summed E-state index contributed by atoms with van der Waals surface area (Å²) in [6.45, 7) is 0. The Bertz CT molecular complexity index is 750. The van der Waals surface area contributed by atoms with Gasteiger partial charge in [0, 0.05) is 11.1 Å². The molecule has 2 aromatic rings. The number of phenolic OH excluding ortho intramolecular Hbond substituents is 4. The summed E-state index contributed by atoms with van der Waals surface area (Å²) >= 11 is 0. The highest BCUT2D eigenvalue weighted by atomic mass is 16.5. The number of hydrogen-bond acceptors (Lipinski definition) is 7. The van der Waals surface area contributed by atoms with Gasteiger partial charge in [0.05, 0.1) is 13.3 Å². The first-order valence-corrected chi connectivity index (χ1v) is 6.37. The number of carbonyl (C=O) groups excluding carboxylic acids is 1. The molecule has 120 valence electrons. The fourth-order valence-electron chi connectivity index (χ4n) is 1.72. The zero-order chi connectivity index (χ0) is 17.0. The van der Waals surface area contributed by atoms with Crippen molar-refractivity contribution in [2.75, 3.05) is 7.11 Å². The van der Waals surface area contributed by atoms with Crippen LogP contribution in [0.1, 0.15) is 15.9 Å². The number of methoxy groups -OCH3 is 1. The molecule has 8 heteroatoms. The van der Waals surface area contributed by atoms with Gasteiger partial charge in [-0.2, -0.15) is 5.10 Å². The normalized spacial score (nSPS) is 10.7. The van der Waals surface area contributed by atoms with Crippen LogP contribution in [0.3, 0.4) is 0 Å². The second-order valence-electron chi connectivity index (χ2n) is 4.49. The summed E-state index contributed by atoms with van der Waals surface area (Å²) in [4.78, 5) is 11.8. The van der Waals surface area contributed by atoms with E-state index in [1.54, 1.807) is 6.07 Å². The zero-order valence-corrected chi connectivity index (χ0v) is 12.0. The lowest BCUT2D eigenvalue weighted by Crippen LogP contribution is -2.17. The minimum Gasteiger partial charge on any atom is -0.507 e. The number of phenols is 4. The lowest BCUT2D eigenvalue weighted by Gasteiger charge is -2.05. The molecule has 8 nitrogen and oxygen atoms in total. The molecule has 1 amide bonds. The third-order valence-corrected chi connectivity index (χ3v) is 2.94. The molecule has 0 radical (unpaired) electrons. The van der Waals surface area contributed by atoms with Gasteiger partial charge >= 0.3 is 0 Å². The topological polar surface area (TPSA) is 132 Å². The molecule has 0 saturated carbocycles. The number of nitrogens with one attached hydrogen (secondary N) is 1. The Labute approximate surface area is 130 Å². The Balaban J connectivity index is 2.13. The predicted octanol–water partition coefficient (Wildman–Crippen LogP) is 1.28. The van der Waals surface area contributed by atoms with Crippen LogP contribution in [0.4, 0.5) is 0 Å². The van der Waals surface area contributed by atoms with Crippen molar-refractivity contribution in [3.8, 4) is 28.7 Å². The van der Waals surface area contributed by atoms with E-state index in [1.807, 2.05) is 0 Å². The van der Waals surface area contributed by atoms with Crippen LogP contribution in [0.15, 0.2) is 35.4 Å². The van der Waals surface area contributed by atoms with E-state index in [-0.39, 0.29) is 11.3 Å². The van der Waals surface area contributed by atoms with Crippen molar-refractivity contribution in [1.29, 1.82) is 0 Å². The maximum atomic E-state index is 11.8. The van der Waals surface area contributed by atoms with Gasteiger partial charge in [0.2, 0.25) is 0 Å². The summed E-state index contributed by atoms with van der Waals surface area (Å²) in [7, 11) is 1.47. The molecule has 0 fully saturated rings. The summed E-state index contributed by atoms with van der Waals surface area (Å²) in [5.41, 5.74) is 2.37. The van der Waals surface area contributed by atoms with Crippen molar-refractivity contribution < 1.29 is 30.0 Å². The van der Waals surface area contributed by atoms with Crippen molar-refractivity contribution in [1.82, 2.24) is 5.43 Å². The molecule has 0 heterocycles. The fraction of sp³-hybridized carbons (Fsp3) is 0.0667. The highest BCUT2D eigenvalue weighted by Gasteiger charge is 2.13. The first kappa shape index (κ1) is 16.0. The Morgan fingerprint density at radius 3 is 2.35 bits per heavy atom. The summed E-state index contributed by atoms with van der Waals surface area (Å²) in [5.74, 6) is -2.26. The number of ether oxygens (including phenoxy) is 1. The highest BCUT2D eigenvalue weighted by Crippen LogP contribution is 2.35. The van der Waals surface area contributed by atoms with E-state index in [0.717, 1.165) is 12.1 Å². The maximum Gasteiger partial charge on any atom is 0.271 e. The van der Waals surface area contributed by atoms with Crippen LogP contribution in [-0.2, 0) is 0 Å². The number of carbonyl (C=O) groups is 1. The largest absolute Gasteiger partial charge is 0.507 e. The second-order valence-corrected chi connectivity index (χ2v) is 4.49. The van der Waals surface area contributed by atoms with Gasteiger partial charge in [0.25, 0.3) is 5.91 Å². The Kier molecular flexibility index (Phi) is 4.55. The molecule has 2 aromatic carbocycles. The number of aromatic hydroxyl groups is 4. The van der Waals surface area contributed by atoms with Crippen LogP contribution in [0.5, 0.6) is 28.7 Å². The van der Waals surface area contributed by atoms with Gasteiger partial charge in [0.15, 0.2) is 17.2 Å². The van der Waals surface area contributed by atoms with E-state index < -0.39 is 23.2 Å². The molecule has 0 unspecified atom stereocenters. The van der Waals surface area contributed by atoms with Gasteiger partial charge < -0.3 is 25.2 Å². The minimum atomic E-state index is -0.728. The number of rotatable bonds is 4. The van der Waals surface area contributed by atoms with E-state index in [0.29, 0.717) is 11.3 Å². The van der Waals surface area contributed by atoms with Crippen LogP contribution in [0.25, 0.3) is 0 Å². The average molecular weight is 318 g/mol. The van der Waals surface area contributed by atoms with Gasteiger partial charge in [-0.05, 0) is 30.3 Å². The van der Waals surface area contributed by atoms with Crippen molar-refractivity contribution in [2.24, 2.45) is 5.10 Å². The van der Waals surface area contributed by atoms with Gasteiger partial charge in [-0.3, -0.25) is 4.79 Å². The van der Waals surface area contributed by atoms with Gasteiger partial charge in [-0.1, -0.05) is 0 Å². The first-order chi connectivity index (χ1) is 10.9. The maximum absolute atomic E-state index is 11.8. The lowest BCUT2D eigenvalue weighted by molar-refractivity contribution is 0.0954. The average Bonchev–Trinajstić information content (AvgIpc) is 2.53. The van der Waals surface area contributed by atoms with Gasteiger partial charge in [-0.15, -0.1) is 0 Å². The second kappa shape index (κ2) is 6.56. The van der Waals surface area contributed by atoms with E-state index >= 15 is 0 Å². The summed E-state index contributed by atoms with van der Waals surface area (Å²) in [6.07, 6.45) is 1.20. The fourth-order valence-corrected chi connectivity index (χ4v) is 1.72. The molecular formula is C15H14N2O6. The third kappa shape index (κ3) is 3.62. The van der Waals surface area contributed by atoms with Crippen molar-refractivity contribution >= 4 is 12.1 Å². The molecule has 0 saturated heterocycles. The van der Waals surface area contributed by atoms with E-state index in [4.69, 9.17) is 4.74 Å². The Morgan fingerprint density at radius 2 is 1.74 bits per heavy atom. The minimum absolute atomic E-state index is 0.0521. The molecule has 23 heavy (non-hydrogen) atoms. The number of benzene rings is 2. The van der Waals surface area contributed by atoms with Crippen LogP contribution in [0, 0.1) is 0 Å². The lowest BCUT2D eigenvalue weighted by atomic mass is 10.2. The molecule has 0 aromatic heterocycles. The molecule has 0 atom stereocenters. The van der Waals surface area contributed by atoms with Crippen molar-refractivity contribution in [3.63, 3.8) is 0 Å². The van der Waals surface area contributed by atoms with Crippen LogP contribution in [0.2, 0.25) is 0 Å². The number of hydrogen-bond donors (Lipinski definition) is 5. The van der Waals surface area contributed by atoms with Gasteiger partial charge in [0.1, 0.15) is 11.5 Å². The SMILES string of the molecule is COc1ccc(O)c(/C=N/NC(=O)c2cc(O)c(O)c(O)c2)c1. The predicted molar refractivity (Wildman–Crippen MR) is 81.2 cm³/mol. The van der Waals surface area contributed by atoms with E-state index in [9.17, 15) is 25.2 Å². The Hall–Kier alpha value is -3.42. The molecule has 0 spiro atoms. The smallest absolute Gasteiger partial charge is 0.271 e. The van der Waals surface area contributed by atoms with Crippen LogP contribution < -0.4 is 10.2 Å².